The minimum Gasteiger partial charge on any atom is -0.359 e. The van der Waals surface area contributed by atoms with Crippen molar-refractivity contribution in [3.63, 3.8) is 0 Å². The fraction of sp³-hybridized carbons (Fsp3) is 0.222. The number of aryl methyl sites for hydroxylation is 2. The van der Waals surface area contributed by atoms with Gasteiger partial charge >= 0.3 is 0 Å². The zero-order valence-electron chi connectivity index (χ0n) is 19.6. The molecule has 0 spiro atoms. The summed E-state index contributed by atoms with van der Waals surface area (Å²) < 4.78 is 0. The van der Waals surface area contributed by atoms with Crippen molar-refractivity contribution in [3.05, 3.63) is 83.4 Å². The normalized spacial score (nSPS) is 13.8. The van der Waals surface area contributed by atoms with Gasteiger partial charge in [-0.1, -0.05) is 18.2 Å². The van der Waals surface area contributed by atoms with E-state index in [1.54, 1.807) is 35.6 Å². The highest BCUT2D eigenvalue weighted by molar-refractivity contribution is 6.45. The van der Waals surface area contributed by atoms with Gasteiger partial charge in [-0.25, -0.2) is 0 Å². The predicted molar refractivity (Wildman–Crippen MR) is 134 cm³/mol. The molecule has 0 aliphatic carbocycles. The number of aromatic nitrogens is 3. The van der Waals surface area contributed by atoms with Crippen molar-refractivity contribution >= 4 is 28.5 Å². The number of hydrogen-bond donors (Lipinski definition) is 1. The molecule has 0 radical (unpaired) electrons. The fourth-order valence-corrected chi connectivity index (χ4v) is 4.45. The SMILES string of the molecule is Cc1ccc(-c2ncc(C)c3c(C(=O)C(=O)N4CCN(C(=O)c5ccccc5)CC4)c[nH]c23)cn1.[HH]. The van der Waals surface area contributed by atoms with Crippen LogP contribution < -0.4 is 0 Å². The summed E-state index contributed by atoms with van der Waals surface area (Å²) in [5.74, 6) is -1.20. The van der Waals surface area contributed by atoms with Crippen molar-refractivity contribution in [2.24, 2.45) is 0 Å². The lowest BCUT2D eigenvalue weighted by atomic mass is 10.0. The molecule has 1 N–H and O–H groups in total. The lowest BCUT2D eigenvalue weighted by Gasteiger charge is -2.34. The van der Waals surface area contributed by atoms with Gasteiger partial charge in [0.15, 0.2) is 0 Å². The van der Waals surface area contributed by atoms with Crippen LogP contribution in [0.25, 0.3) is 22.2 Å². The van der Waals surface area contributed by atoms with E-state index in [1.807, 2.05) is 44.2 Å². The number of Topliss-reactive ketones (excluding diaryl/α,β-unsaturated/α-hetero) is 1. The average Bonchev–Trinajstić information content (AvgIpc) is 3.35. The molecule has 4 heterocycles. The first-order chi connectivity index (χ1) is 16.9. The second-order valence-corrected chi connectivity index (χ2v) is 8.71. The third-order valence-corrected chi connectivity index (χ3v) is 6.40. The van der Waals surface area contributed by atoms with Gasteiger partial charge in [-0.05, 0) is 43.7 Å². The number of nitrogens with zero attached hydrogens (tertiary/aromatic N) is 4. The number of H-pyrrole nitrogens is 1. The number of benzene rings is 1. The molecule has 0 bridgehead atoms. The van der Waals surface area contributed by atoms with E-state index in [9.17, 15) is 14.4 Å². The second-order valence-electron chi connectivity index (χ2n) is 8.71. The number of piperazine rings is 1. The van der Waals surface area contributed by atoms with Crippen LogP contribution >= 0.6 is 0 Å². The van der Waals surface area contributed by atoms with Gasteiger partial charge in [-0.2, -0.15) is 0 Å². The van der Waals surface area contributed by atoms with Crippen molar-refractivity contribution in [2.75, 3.05) is 26.2 Å². The number of ketones is 1. The maximum Gasteiger partial charge on any atom is 0.295 e. The number of carbonyl (C=O) groups is 3. The third kappa shape index (κ3) is 4.19. The third-order valence-electron chi connectivity index (χ3n) is 6.40. The summed E-state index contributed by atoms with van der Waals surface area (Å²) in [5, 5.41) is 0.687. The van der Waals surface area contributed by atoms with Gasteiger partial charge < -0.3 is 14.8 Å². The van der Waals surface area contributed by atoms with Crippen LogP contribution in [0.5, 0.6) is 0 Å². The van der Waals surface area contributed by atoms with E-state index >= 15 is 0 Å². The molecule has 1 fully saturated rings. The molecule has 1 aromatic carbocycles. The van der Waals surface area contributed by atoms with Crippen molar-refractivity contribution in [1.82, 2.24) is 24.8 Å². The molecule has 3 aromatic heterocycles. The first-order valence-corrected chi connectivity index (χ1v) is 11.5. The van der Waals surface area contributed by atoms with Crippen LogP contribution in [0.2, 0.25) is 0 Å². The molecule has 178 valence electrons. The molecular weight excluding hydrogens is 442 g/mol. The molecular formula is C27H27N5O3. The first-order valence-electron chi connectivity index (χ1n) is 11.5. The van der Waals surface area contributed by atoms with Crippen LogP contribution in [0, 0.1) is 13.8 Å². The monoisotopic (exact) mass is 469 g/mol. The zero-order valence-corrected chi connectivity index (χ0v) is 19.6. The van der Waals surface area contributed by atoms with E-state index in [2.05, 4.69) is 15.0 Å². The van der Waals surface area contributed by atoms with Crippen molar-refractivity contribution in [2.45, 2.75) is 13.8 Å². The summed E-state index contributed by atoms with van der Waals surface area (Å²) in [6.07, 6.45) is 5.04. The Morgan fingerprint density at radius 1 is 0.886 bits per heavy atom. The number of rotatable bonds is 4. The number of pyridine rings is 2. The zero-order chi connectivity index (χ0) is 24.5. The average molecular weight is 470 g/mol. The molecule has 4 aromatic rings. The van der Waals surface area contributed by atoms with Crippen LogP contribution in [0.1, 0.15) is 33.4 Å². The van der Waals surface area contributed by atoms with Crippen molar-refractivity contribution in [1.29, 1.82) is 0 Å². The van der Waals surface area contributed by atoms with Crippen molar-refractivity contribution in [3.8, 4) is 11.3 Å². The van der Waals surface area contributed by atoms with Crippen LogP contribution in [0.4, 0.5) is 0 Å². The smallest absolute Gasteiger partial charge is 0.295 e. The van der Waals surface area contributed by atoms with Crippen LogP contribution in [-0.4, -0.2) is 68.5 Å². The van der Waals surface area contributed by atoms with Crippen LogP contribution in [0.15, 0.2) is 61.1 Å². The van der Waals surface area contributed by atoms with Gasteiger partial charge in [-0.15, -0.1) is 0 Å². The van der Waals surface area contributed by atoms with E-state index in [0.717, 1.165) is 16.8 Å². The number of hydrogen-bond acceptors (Lipinski definition) is 5. The Bertz CT molecular complexity index is 1430. The van der Waals surface area contributed by atoms with Gasteiger partial charge in [0.1, 0.15) is 0 Å². The Morgan fingerprint density at radius 2 is 1.60 bits per heavy atom. The summed E-state index contributed by atoms with van der Waals surface area (Å²) in [4.78, 5) is 54.4. The molecule has 1 aliphatic rings. The lowest BCUT2D eigenvalue weighted by molar-refractivity contribution is -0.127. The van der Waals surface area contributed by atoms with E-state index in [0.29, 0.717) is 53.9 Å². The van der Waals surface area contributed by atoms with Gasteiger partial charge in [-0.3, -0.25) is 24.4 Å². The molecule has 5 rings (SSSR count). The van der Waals surface area contributed by atoms with E-state index in [4.69, 9.17) is 0 Å². The first kappa shape index (κ1) is 22.5. The van der Waals surface area contributed by atoms with E-state index < -0.39 is 11.7 Å². The minimum atomic E-state index is -0.568. The quantitative estimate of drug-likeness (QED) is 0.363. The van der Waals surface area contributed by atoms with Crippen LogP contribution in [0.3, 0.4) is 0 Å². The fourth-order valence-electron chi connectivity index (χ4n) is 4.45. The van der Waals surface area contributed by atoms with E-state index in [-0.39, 0.29) is 7.33 Å². The van der Waals surface area contributed by atoms with Crippen LogP contribution in [-0.2, 0) is 4.79 Å². The highest BCUT2D eigenvalue weighted by Gasteiger charge is 2.30. The maximum absolute atomic E-state index is 13.3. The molecule has 8 nitrogen and oxygen atoms in total. The molecule has 35 heavy (non-hydrogen) atoms. The topological polar surface area (TPSA) is 99.3 Å². The predicted octanol–water partition coefficient (Wildman–Crippen LogP) is 3.66. The number of amides is 2. The Kier molecular flexibility index (Phi) is 5.86. The minimum absolute atomic E-state index is 0. The number of aromatic amines is 1. The van der Waals surface area contributed by atoms with Crippen molar-refractivity contribution < 1.29 is 15.8 Å². The molecule has 0 atom stereocenters. The lowest BCUT2D eigenvalue weighted by Crippen LogP contribution is -2.52. The highest BCUT2D eigenvalue weighted by atomic mass is 16.2. The highest BCUT2D eigenvalue weighted by Crippen LogP contribution is 2.30. The number of fused-ring (bicyclic) bond motifs is 1. The van der Waals surface area contributed by atoms with Gasteiger partial charge in [0.05, 0.1) is 16.8 Å². The molecule has 1 saturated heterocycles. The molecule has 0 unspecified atom stereocenters. The summed E-state index contributed by atoms with van der Waals surface area (Å²) in [7, 11) is 0. The molecule has 8 heteroatoms. The maximum atomic E-state index is 13.3. The van der Waals surface area contributed by atoms with Gasteiger partial charge in [0.25, 0.3) is 17.6 Å². The summed E-state index contributed by atoms with van der Waals surface area (Å²) in [6.45, 7) is 5.17. The Hall–Kier alpha value is -4.33. The standard InChI is InChI=1S/C27H25N5O3.H2/c1-17-14-29-23(20-9-8-18(2)28-15-20)24-22(17)21(16-30-24)25(33)27(35)32-12-10-31(11-13-32)26(34)19-6-4-3-5-7-19;/h3-9,14-16,30H,10-13H2,1-2H3;1H. The number of carbonyl (C=O) groups excluding carboxylic acids is 3. The summed E-state index contributed by atoms with van der Waals surface area (Å²) >= 11 is 0. The van der Waals surface area contributed by atoms with Gasteiger partial charge in [0.2, 0.25) is 0 Å². The summed E-state index contributed by atoms with van der Waals surface area (Å²) in [5.41, 5.74) is 4.85. The Labute approximate surface area is 204 Å². The van der Waals surface area contributed by atoms with Gasteiger partial charge in [0, 0.05) is 68.4 Å². The molecule has 0 saturated carbocycles. The Balaban J connectivity index is 0.00000304. The molecule has 2 amide bonds. The summed E-state index contributed by atoms with van der Waals surface area (Å²) in [6, 6.07) is 12.9. The Morgan fingerprint density at radius 3 is 2.29 bits per heavy atom. The molecule has 1 aliphatic heterocycles. The number of nitrogens with one attached hydrogen (secondary N) is 1. The second kappa shape index (κ2) is 9.13. The van der Waals surface area contributed by atoms with E-state index in [1.165, 1.54) is 4.90 Å². The largest absolute Gasteiger partial charge is 0.359 e.